The molecule has 5 heteroatoms. The van der Waals surface area contributed by atoms with Crippen molar-refractivity contribution in [3.05, 3.63) is 24.2 Å². The Morgan fingerprint density at radius 1 is 1.53 bits per heavy atom. The number of carbonyl (C=O) groups is 1. The molecule has 0 spiro atoms. The fourth-order valence-electron chi connectivity index (χ4n) is 2.48. The van der Waals surface area contributed by atoms with Gasteiger partial charge in [0.25, 0.3) is 0 Å². The highest BCUT2D eigenvalue weighted by molar-refractivity contribution is 5.77. The van der Waals surface area contributed by atoms with Crippen LogP contribution in [0.4, 0.5) is 0 Å². The number of carboxylic acid groups (broad SMARTS) is 1. The largest absolute Gasteiger partial charge is 0.481 e. The Bertz CT molecular complexity index is 570. The lowest BCUT2D eigenvalue weighted by molar-refractivity contribution is -0.139. The van der Waals surface area contributed by atoms with Gasteiger partial charge in [-0.3, -0.25) is 4.79 Å². The van der Waals surface area contributed by atoms with Crippen LogP contribution < -0.4 is 0 Å². The van der Waals surface area contributed by atoms with Crippen LogP contribution in [0.3, 0.4) is 0 Å². The number of aromatic nitrogens is 2. The topological polar surface area (TPSA) is 76.2 Å². The Hall–Kier alpha value is -1.91. The second-order valence-electron chi connectivity index (χ2n) is 4.99. The molecular weight excluding hydrogens is 220 g/mol. The average molecular weight is 232 g/mol. The highest BCUT2D eigenvalue weighted by Crippen LogP contribution is 2.64. The first-order chi connectivity index (χ1) is 8.01. The first-order valence-electron chi connectivity index (χ1n) is 5.46. The molecule has 0 aromatic carbocycles. The minimum atomic E-state index is -0.796. The van der Waals surface area contributed by atoms with E-state index in [-0.39, 0.29) is 11.3 Å². The van der Waals surface area contributed by atoms with Gasteiger partial charge in [0, 0.05) is 6.20 Å². The number of nitrogens with zero attached hydrogens (tertiary/aromatic N) is 2. The van der Waals surface area contributed by atoms with Crippen molar-refractivity contribution in [2.24, 2.45) is 11.3 Å². The smallest absolute Gasteiger partial charge is 0.307 e. The van der Waals surface area contributed by atoms with Crippen LogP contribution in [0.15, 0.2) is 22.7 Å². The van der Waals surface area contributed by atoms with Crippen molar-refractivity contribution in [1.82, 2.24) is 9.97 Å². The van der Waals surface area contributed by atoms with Gasteiger partial charge >= 0.3 is 5.97 Å². The Morgan fingerprint density at radius 3 is 2.88 bits per heavy atom. The molecule has 88 valence electrons. The molecule has 0 amide bonds. The summed E-state index contributed by atoms with van der Waals surface area (Å²) in [6.45, 7) is 3.83. The highest BCUT2D eigenvalue weighted by atomic mass is 16.4. The van der Waals surface area contributed by atoms with Crippen LogP contribution in [0.25, 0.3) is 11.2 Å². The maximum Gasteiger partial charge on any atom is 0.307 e. The van der Waals surface area contributed by atoms with Gasteiger partial charge in [-0.15, -0.1) is 0 Å². The lowest BCUT2D eigenvalue weighted by Crippen LogP contribution is -2.03. The lowest BCUT2D eigenvalue weighted by atomic mass is 10.1. The van der Waals surface area contributed by atoms with E-state index >= 15 is 0 Å². The SMILES string of the molecule is CC1(C)C(C(=O)O)C1c1nc2ncccc2o1. The fourth-order valence-corrected chi connectivity index (χ4v) is 2.48. The van der Waals surface area contributed by atoms with Gasteiger partial charge in [-0.05, 0) is 17.5 Å². The molecule has 1 N–H and O–H groups in total. The van der Waals surface area contributed by atoms with Gasteiger partial charge in [0.15, 0.2) is 11.2 Å². The molecule has 3 rings (SSSR count). The number of fused-ring (bicyclic) bond motifs is 1. The Balaban J connectivity index is 2.03. The van der Waals surface area contributed by atoms with Crippen molar-refractivity contribution in [3.8, 4) is 0 Å². The van der Waals surface area contributed by atoms with Crippen LogP contribution in [0.2, 0.25) is 0 Å². The van der Waals surface area contributed by atoms with Gasteiger partial charge in [0.2, 0.25) is 5.89 Å². The molecule has 2 aromatic rings. The second kappa shape index (κ2) is 3.06. The van der Waals surface area contributed by atoms with E-state index in [4.69, 9.17) is 9.52 Å². The zero-order chi connectivity index (χ0) is 12.2. The van der Waals surface area contributed by atoms with E-state index in [1.807, 2.05) is 13.8 Å². The number of hydrogen-bond donors (Lipinski definition) is 1. The molecule has 2 atom stereocenters. The van der Waals surface area contributed by atoms with Crippen LogP contribution in [-0.2, 0) is 4.79 Å². The summed E-state index contributed by atoms with van der Waals surface area (Å²) in [5, 5.41) is 9.11. The lowest BCUT2D eigenvalue weighted by Gasteiger charge is -1.96. The molecule has 0 saturated heterocycles. The Kier molecular flexibility index (Phi) is 1.85. The first kappa shape index (κ1) is 10.3. The molecule has 2 heterocycles. The van der Waals surface area contributed by atoms with E-state index in [2.05, 4.69) is 9.97 Å². The summed E-state index contributed by atoms with van der Waals surface area (Å²) in [5.41, 5.74) is 0.843. The molecule has 2 aromatic heterocycles. The van der Waals surface area contributed by atoms with E-state index < -0.39 is 11.9 Å². The summed E-state index contributed by atoms with van der Waals surface area (Å²) in [6.07, 6.45) is 1.64. The maximum absolute atomic E-state index is 11.1. The van der Waals surface area contributed by atoms with Crippen molar-refractivity contribution in [2.75, 3.05) is 0 Å². The molecule has 0 bridgehead atoms. The van der Waals surface area contributed by atoms with E-state index in [9.17, 15) is 4.79 Å². The van der Waals surface area contributed by atoms with Crippen LogP contribution >= 0.6 is 0 Å². The van der Waals surface area contributed by atoms with E-state index in [1.165, 1.54) is 0 Å². The average Bonchev–Trinajstić information content (AvgIpc) is 2.68. The fraction of sp³-hybridized carbons (Fsp3) is 0.417. The molecule has 2 unspecified atom stereocenters. The van der Waals surface area contributed by atoms with Crippen molar-refractivity contribution < 1.29 is 14.3 Å². The van der Waals surface area contributed by atoms with Gasteiger partial charge in [-0.1, -0.05) is 13.8 Å². The highest BCUT2D eigenvalue weighted by Gasteiger charge is 2.65. The first-order valence-corrected chi connectivity index (χ1v) is 5.46. The van der Waals surface area contributed by atoms with Gasteiger partial charge in [-0.25, -0.2) is 4.98 Å². The zero-order valence-corrected chi connectivity index (χ0v) is 9.54. The van der Waals surface area contributed by atoms with Crippen LogP contribution in [-0.4, -0.2) is 21.0 Å². The molecular formula is C12H12N2O3. The number of pyridine rings is 1. The number of hydrogen-bond acceptors (Lipinski definition) is 4. The summed E-state index contributed by atoms with van der Waals surface area (Å²) >= 11 is 0. The Morgan fingerprint density at radius 2 is 2.29 bits per heavy atom. The predicted molar refractivity (Wildman–Crippen MR) is 59.5 cm³/mol. The molecule has 1 aliphatic rings. The number of carboxylic acids is 1. The minimum Gasteiger partial charge on any atom is -0.481 e. The predicted octanol–water partition coefficient (Wildman–Crippen LogP) is 2.05. The van der Waals surface area contributed by atoms with Gasteiger partial charge in [-0.2, -0.15) is 4.98 Å². The summed E-state index contributed by atoms with van der Waals surface area (Å²) in [7, 11) is 0. The summed E-state index contributed by atoms with van der Waals surface area (Å²) < 4.78 is 5.57. The third-order valence-electron chi connectivity index (χ3n) is 3.54. The minimum absolute atomic E-state index is 0.158. The van der Waals surface area contributed by atoms with Crippen LogP contribution in [0.5, 0.6) is 0 Å². The van der Waals surface area contributed by atoms with Crippen LogP contribution in [0.1, 0.15) is 25.7 Å². The number of rotatable bonds is 2. The summed E-state index contributed by atoms with van der Waals surface area (Å²) in [6, 6.07) is 3.55. The van der Waals surface area contributed by atoms with E-state index in [0.717, 1.165) is 0 Å². The molecule has 1 aliphatic carbocycles. The normalized spacial score (nSPS) is 26.0. The third kappa shape index (κ3) is 1.35. The van der Waals surface area contributed by atoms with E-state index in [0.29, 0.717) is 17.1 Å². The molecule has 1 saturated carbocycles. The molecule has 0 aliphatic heterocycles. The number of aliphatic carboxylic acids is 1. The van der Waals surface area contributed by atoms with Crippen molar-refractivity contribution >= 4 is 17.2 Å². The second-order valence-corrected chi connectivity index (χ2v) is 4.99. The molecule has 5 nitrogen and oxygen atoms in total. The standard InChI is InChI=1S/C12H12N2O3/c1-12(2)7(8(12)11(15)16)10-14-9-6(17-10)4-3-5-13-9/h3-5,7-8H,1-2H3,(H,15,16). The Labute approximate surface area is 97.5 Å². The third-order valence-corrected chi connectivity index (χ3v) is 3.54. The molecule has 17 heavy (non-hydrogen) atoms. The summed E-state index contributed by atoms with van der Waals surface area (Å²) in [5.74, 6) is -0.893. The zero-order valence-electron chi connectivity index (χ0n) is 9.54. The van der Waals surface area contributed by atoms with E-state index in [1.54, 1.807) is 18.3 Å². The molecule has 1 fully saturated rings. The number of oxazole rings is 1. The van der Waals surface area contributed by atoms with Crippen molar-refractivity contribution in [3.63, 3.8) is 0 Å². The van der Waals surface area contributed by atoms with Gasteiger partial charge in [0.05, 0.1) is 11.8 Å². The maximum atomic E-state index is 11.1. The van der Waals surface area contributed by atoms with Gasteiger partial charge in [0.1, 0.15) is 0 Å². The summed E-state index contributed by atoms with van der Waals surface area (Å²) in [4.78, 5) is 19.4. The van der Waals surface area contributed by atoms with Crippen LogP contribution in [0, 0.1) is 11.3 Å². The van der Waals surface area contributed by atoms with Gasteiger partial charge < -0.3 is 9.52 Å². The monoisotopic (exact) mass is 232 g/mol. The van der Waals surface area contributed by atoms with Crippen molar-refractivity contribution in [1.29, 1.82) is 0 Å². The molecule has 0 radical (unpaired) electrons. The van der Waals surface area contributed by atoms with Crippen molar-refractivity contribution in [2.45, 2.75) is 19.8 Å². The quantitative estimate of drug-likeness (QED) is 0.857.